The van der Waals surface area contributed by atoms with Gasteiger partial charge in [0.2, 0.25) is 0 Å². The molecule has 2 heterocycles. The number of carboxylic acids is 1. The second kappa shape index (κ2) is 11.2. The number of carbonyl (C=O) groups excluding carboxylic acids is 4. The number of hydrogen-bond acceptors (Lipinski definition) is 7. The molecular formula is C29H22Cl2N2O8. The zero-order chi connectivity index (χ0) is 29.4. The molecule has 3 N–H and O–H groups in total. The fraction of sp³-hybridized carbons (Fsp3) is 0.207. The van der Waals surface area contributed by atoms with E-state index in [1.54, 1.807) is 0 Å². The molecule has 0 bridgehead atoms. The van der Waals surface area contributed by atoms with Gasteiger partial charge in [-0.05, 0) is 36.6 Å². The Morgan fingerprint density at radius 2 is 1.73 bits per heavy atom. The molecule has 2 unspecified atom stereocenters. The number of phenolic OH excluding ortho intramolecular Hbond substituents is 1. The van der Waals surface area contributed by atoms with Crippen molar-refractivity contribution in [3.05, 3.63) is 92.7 Å². The molecule has 3 aliphatic rings. The van der Waals surface area contributed by atoms with Gasteiger partial charge in [0.1, 0.15) is 17.3 Å². The summed E-state index contributed by atoms with van der Waals surface area (Å²) >= 11 is 12.3. The van der Waals surface area contributed by atoms with Crippen molar-refractivity contribution in [2.75, 3.05) is 13.1 Å². The number of aromatic hydroxyl groups is 1. The van der Waals surface area contributed by atoms with E-state index in [0.717, 1.165) is 4.90 Å². The van der Waals surface area contributed by atoms with Gasteiger partial charge in [-0.25, -0.2) is 4.79 Å². The van der Waals surface area contributed by atoms with E-state index in [4.69, 9.17) is 27.9 Å². The van der Waals surface area contributed by atoms with E-state index in [1.165, 1.54) is 54.6 Å². The number of carbonyl (C=O) groups is 5. The Morgan fingerprint density at radius 3 is 2.44 bits per heavy atom. The first-order valence-electron chi connectivity index (χ1n) is 12.6. The summed E-state index contributed by atoms with van der Waals surface area (Å²) in [7, 11) is 0. The van der Waals surface area contributed by atoms with E-state index in [0.29, 0.717) is 24.0 Å². The van der Waals surface area contributed by atoms with Crippen molar-refractivity contribution in [2.45, 2.75) is 18.8 Å². The van der Waals surface area contributed by atoms with Crippen LogP contribution in [0.5, 0.6) is 11.5 Å². The van der Waals surface area contributed by atoms with Gasteiger partial charge >= 0.3 is 5.97 Å². The highest BCUT2D eigenvalue weighted by molar-refractivity contribution is 6.44. The van der Waals surface area contributed by atoms with E-state index < -0.39 is 29.5 Å². The summed E-state index contributed by atoms with van der Waals surface area (Å²) in [6.45, 7) is 0.476. The molecule has 2 aliphatic heterocycles. The third kappa shape index (κ3) is 5.48. The minimum absolute atomic E-state index is 0.0225. The Morgan fingerprint density at radius 1 is 1.00 bits per heavy atom. The lowest BCUT2D eigenvalue weighted by Gasteiger charge is -2.36. The smallest absolute Gasteiger partial charge is 0.336 e. The Balaban J connectivity index is 1.39. The zero-order valence-electron chi connectivity index (χ0n) is 21.2. The number of ketones is 1. The summed E-state index contributed by atoms with van der Waals surface area (Å²) in [5, 5.41) is 23.0. The maximum atomic E-state index is 12.8. The zero-order valence-corrected chi connectivity index (χ0v) is 22.7. The van der Waals surface area contributed by atoms with Crippen molar-refractivity contribution in [3.8, 4) is 11.5 Å². The third-order valence-corrected chi connectivity index (χ3v) is 7.65. The van der Waals surface area contributed by atoms with Gasteiger partial charge in [-0.15, -0.1) is 0 Å². The van der Waals surface area contributed by atoms with Crippen LogP contribution in [0, 0.1) is 5.92 Å². The maximum Gasteiger partial charge on any atom is 0.336 e. The number of unbranched alkanes of at least 4 members (excludes halogenated alkanes) is 1. The molecule has 0 aromatic heterocycles. The standard InChI is InChI=1S/C29H22Cl2N2O8/c30-19-10-17-23(12-21(19)34)41-24-13-22(35)20(31)11-18(24)27(17)15-4-3-14(9-16(15)29(39)40)28(38)32-7-1-2-8-33-25(36)5-6-26(33)37/h3-6,9-13,17,27,35H,1-2,7-8H2,(H,32,38)(H,39,40). The molecule has 2 aromatic carbocycles. The summed E-state index contributed by atoms with van der Waals surface area (Å²) < 4.78 is 5.88. The number of nitrogens with zero attached hydrogens (tertiary/aromatic N) is 1. The van der Waals surface area contributed by atoms with Crippen LogP contribution in [-0.4, -0.2) is 57.7 Å². The number of allylic oxidation sites excluding steroid dienone is 3. The van der Waals surface area contributed by atoms with Gasteiger partial charge in [-0.2, -0.15) is 0 Å². The number of ether oxygens (including phenoxy) is 1. The van der Waals surface area contributed by atoms with Gasteiger partial charge in [0.05, 0.1) is 15.6 Å². The Bertz CT molecular complexity index is 1590. The average Bonchev–Trinajstić information content (AvgIpc) is 3.25. The number of imide groups is 1. The highest BCUT2D eigenvalue weighted by atomic mass is 35.5. The Hall–Kier alpha value is -4.41. The van der Waals surface area contributed by atoms with Crippen molar-refractivity contribution in [1.29, 1.82) is 0 Å². The minimum atomic E-state index is -1.28. The first kappa shape index (κ1) is 28.1. The number of halogens is 2. The quantitative estimate of drug-likeness (QED) is 0.306. The van der Waals surface area contributed by atoms with Gasteiger partial charge < -0.3 is 20.3 Å². The predicted molar refractivity (Wildman–Crippen MR) is 147 cm³/mol. The second-order valence-corrected chi connectivity index (χ2v) is 10.4. The van der Waals surface area contributed by atoms with Gasteiger partial charge in [-0.1, -0.05) is 35.3 Å². The molecule has 0 saturated heterocycles. The lowest BCUT2D eigenvalue weighted by atomic mass is 9.74. The van der Waals surface area contributed by atoms with E-state index in [-0.39, 0.29) is 63.3 Å². The fourth-order valence-corrected chi connectivity index (χ4v) is 5.41. The second-order valence-electron chi connectivity index (χ2n) is 9.60. The summed E-state index contributed by atoms with van der Waals surface area (Å²) in [4.78, 5) is 61.9. The summed E-state index contributed by atoms with van der Waals surface area (Å²) in [5.74, 6) is -4.20. The molecule has 0 radical (unpaired) electrons. The Kier molecular flexibility index (Phi) is 7.70. The van der Waals surface area contributed by atoms with Crippen LogP contribution in [0.2, 0.25) is 5.02 Å². The van der Waals surface area contributed by atoms with E-state index in [1.807, 2.05) is 0 Å². The highest BCUT2D eigenvalue weighted by Gasteiger charge is 2.40. The molecule has 0 spiro atoms. The van der Waals surface area contributed by atoms with Crippen LogP contribution in [0.25, 0.3) is 0 Å². The van der Waals surface area contributed by atoms with E-state index in [9.17, 15) is 34.2 Å². The normalized spacial score (nSPS) is 19.3. The van der Waals surface area contributed by atoms with Crippen molar-refractivity contribution >= 4 is 52.7 Å². The van der Waals surface area contributed by atoms with Gasteiger partial charge in [0.15, 0.2) is 5.78 Å². The van der Waals surface area contributed by atoms with Crippen LogP contribution in [0.3, 0.4) is 0 Å². The lowest BCUT2D eigenvalue weighted by Crippen LogP contribution is -2.32. The van der Waals surface area contributed by atoms with Crippen LogP contribution in [-0.2, 0) is 14.4 Å². The molecule has 5 rings (SSSR count). The van der Waals surface area contributed by atoms with Crippen molar-refractivity contribution in [3.63, 3.8) is 0 Å². The molecule has 0 fully saturated rings. The van der Waals surface area contributed by atoms with Gasteiger partial charge in [-0.3, -0.25) is 24.1 Å². The monoisotopic (exact) mass is 596 g/mol. The molecule has 2 aromatic rings. The fourth-order valence-electron chi connectivity index (χ4n) is 5.05. The first-order valence-corrected chi connectivity index (χ1v) is 13.3. The summed E-state index contributed by atoms with van der Waals surface area (Å²) in [6, 6.07) is 7.04. The number of hydrogen-bond donors (Lipinski definition) is 3. The van der Waals surface area contributed by atoms with E-state index in [2.05, 4.69) is 5.32 Å². The third-order valence-electron chi connectivity index (χ3n) is 7.04. The van der Waals surface area contributed by atoms with Crippen molar-refractivity contribution < 1.29 is 38.9 Å². The molecule has 0 saturated carbocycles. The molecular weight excluding hydrogens is 575 g/mol. The average molecular weight is 597 g/mol. The highest BCUT2D eigenvalue weighted by Crippen LogP contribution is 2.51. The van der Waals surface area contributed by atoms with Crippen LogP contribution < -0.4 is 10.1 Å². The van der Waals surface area contributed by atoms with Gasteiger partial charge in [0, 0.05) is 60.3 Å². The number of phenols is 1. The van der Waals surface area contributed by atoms with Crippen molar-refractivity contribution in [2.24, 2.45) is 5.92 Å². The number of rotatable bonds is 8. The maximum absolute atomic E-state index is 12.8. The van der Waals surface area contributed by atoms with Crippen LogP contribution in [0.1, 0.15) is 50.6 Å². The topological polar surface area (TPSA) is 150 Å². The lowest BCUT2D eigenvalue weighted by molar-refractivity contribution is -0.136. The largest absolute Gasteiger partial charge is 0.506 e. The molecule has 41 heavy (non-hydrogen) atoms. The molecule has 2 atom stereocenters. The molecule has 10 nitrogen and oxygen atoms in total. The number of fused-ring (bicyclic) bond motifs is 2. The number of amides is 3. The number of aromatic carboxylic acids is 1. The number of nitrogens with one attached hydrogen (secondary N) is 1. The summed E-state index contributed by atoms with van der Waals surface area (Å²) in [5.41, 5.74) is 0.744. The predicted octanol–water partition coefficient (Wildman–Crippen LogP) is 3.91. The Labute approximate surface area is 243 Å². The molecule has 210 valence electrons. The number of carboxylic acid groups (broad SMARTS) is 1. The van der Waals surface area contributed by atoms with Crippen LogP contribution >= 0.6 is 23.2 Å². The SMILES string of the molecule is O=C1C=C2Oc3cc(O)c(Cl)cc3C(c3ccc(C(=O)NCCCCN4C(=O)C=CC4=O)cc3C(=O)O)C2C=C1Cl. The van der Waals surface area contributed by atoms with E-state index >= 15 is 0 Å². The minimum Gasteiger partial charge on any atom is -0.506 e. The molecule has 12 heteroatoms. The molecule has 3 amide bonds. The van der Waals surface area contributed by atoms with Crippen molar-refractivity contribution in [1.82, 2.24) is 10.2 Å². The van der Waals surface area contributed by atoms with Crippen LogP contribution in [0.15, 0.2) is 65.4 Å². The number of benzene rings is 2. The first-order chi connectivity index (χ1) is 19.5. The summed E-state index contributed by atoms with van der Waals surface area (Å²) in [6.07, 6.45) is 6.10. The molecule has 1 aliphatic carbocycles. The van der Waals surface area contributed by atoms with Crippen LogP contribution in [0.4, 0.5) is 0 Å². The van der Waals surface area contributed by atoms with Gasteiger partial charge in [0.25, 0.3) is 17.7 Å².